The van der Waals surface area contributed by atoms with E-state index < -0.39 is 6.03 Å². The van der Waals surface area contributed by atoms with Gasteiger partial charge < -0.3 is 25.3 Å². The van der Waals surface area contributed by atoms with Crippen LogP contribution in [0.2, 0.25) is 0 Å². The lowest BCUT2D eigenvalue weighted by atomic mass is 10.1. The number of rotatable bonds is 6. The fourth-order valence-corrected chi connectivity index (χ4v) is 2.92. The molecule has 138 valence electrons. The molecular formula is C19H24N4O3. The lowest BCUT2D eigenvalue weighted by Gasteiger charge is -2.28. The number of carbonyl (C=O) groups excluding carboxylic acids is 2. The first-order valence-corrected chi connectivity index (χ1v) is 8.90. The Morgan fingerprint density at radius 2 is 1.77 bits per heavy atom. The van der Waals surface area contributed by atoms with Crippen molar-refractivity contribution in [3.63, 3.8) is 0 Å². The molecule has 7 nitrogen and oxygen atoms in total. The normalized spacial score (nSPS) is 13.9. The smallest absolute Gasteiger partial charge is 0.315 e. The third-order valence-corrected chi connectivity index (χ3v) is 4.29. The quantitative estimate of drug-likeness (QED) is 0.743. The van der Waals surface area contributed by atoms with E-state index in [2.05, 4.69) is 20.9 Å². The average Bonchev–Trinajstić information content (AvgIpc) is 3.20. The summed E-state index contributed by atoms with van der Waals surface area (Å²) in [6.45, 7) is 2.35. The molecule has 0 aliphatic carbocycles. The van der Waals surface area contributed by atoms with Crippen molar-refractivity contribution in [1.29, 1.82) is 0 Å². The summed E-state index contributed by atoms with van der Waals surface area (Å²) in [5.41, 5.74) is 1.90. The zero-order valence-corrected chi connectivity index (χ0v) is 14.7. The van der Waals surface area contributed by atoms with Crippen molar-refractivity contribution in [3.05, 3.63) is 48.4 Å². The van der Waals surface area contributed by atoms with Crippen LogP contribution in [0.5, 0.6) is 0 Å². The van der Waals surface area contributed by atoms with Gasteiger partial charge in [-0.3, -0.25) is 4.79 Å². The summed E-state index contributed by atoms with van der Waals surface area (Å²) < 4.78 is 5.12. The van der Waals surface area contributed by atoms with Crippen molar-refractivity contribution >= 4 is 23.3 Å². The van der Waals surface area contributed by atoms with Crippen LogP contribution in [0.25, 0.3) is 0 Å². The van der Waals surface area contributed by atoms with Gasteiger partial charge in [0.1, 0.15) is 5.76 Å². The number of hydrogen-bond donors (Lipinski definition) is 3. The van der Waals surface area contributed by atoms with E-state index in [1.54, 1.807) is 18.4 Å². The lowest BCUT2D eigenvalue weighted by Crippen LogP contribution is -2.39. The molecule has 0 saturated carbocycles. The van der Waals surface area contributed by atoms with Gasteiger partial charge in [-0.25, -0.2) is 4.79 Å². The van der Waals surface area contributed by atoms with Crippen molar-refractivity contribution in [3.8, 4) is 0 Å². The highest BCUT2D eigenvalue weighted by Gasteiger charge is 2.11. The van der Waals surface area contributed by atoms with Crippen molar-refractivity contribution in [1.82, 2.24) is 10.6 Å². The van der Waals surface area contributed by atoms with Crippen LogP contribution in [0.15, 0.2) is 47.1 Å². The molecule has 0 bridgehead atoms. The van der Waals surface area contributed by atoms with Gasteiger partial charge in [-0.15, -0.1) is 0 Å². The van der Waals surface area contributed by atoms with Crippen LogP contribution in [0, 0.1) is 0 Å². The number of nitrogens with zero attached hydrogens (tertiary/aromatic N) is 1. The number of nitrogens with one attached hydrogen (secondary N) is 3. The first-order valence-electron chi connectivity index (χ1n) is 8.90. The predicted octanol–water partition coefficient (Wildman–Crippen LogP) is 2.71. The van der Waals surface area contributed by atoms with E-state index >= 15 is 0 Å². The Balaban J connectivity index is 1.39. The molecule has 26 heavy (non-hydrogen) atoms. The number of furan rings is 1. The van der Waals surface area contributed by atoms with Gasteiger partial charge >= 0.3 is 6.03 Å². The van der Waals surface area contributed by atoms with Gasteiger partial charge in [0.15, 0.2) is 0 Å². The van der Waals surface area contributed by atoms with Gasteiger partial charge in [0.2, 0.25) is 5.91 Å². The third-order valence-electron chi connectivity index (χ3n) is 4.29. The Kier molecular flexibility index (Phi) is 6.14. The highest BCUT2D eigenvalue weighted by Crippen LogP contribution is 2.21. The molecule has 1 saturated heterocycles. The topological polar surface area (TPSA) is 86.6 Å². The maximum atomic E-state index is 12.0. The summed E-state index contributed by atoms with van der Waals surface area (Å²) in [6, 6.07) is 10.9. The van der Waals surface area contributed by atoms with Crippen LogP contribution in [0.1, 0.15) is 25.0 Å². The van der Waals surface area contributed by atoms with Crippen molar-refractivity contribution in [2.75, 3.05) is 29.9 Å². The van der Waals surface area contributed by atoms with Gasteiger partial charge in [0.25, 0.3) is 0 Å². The Hall–Kier alpha value is -2.96. The molecule has 1 aliphatic rings. The summed E-state index contributed by atoms with van der Waals surface area (Å²) in [6.07, 6.45) is 5.30. The van der Waals surface area contributed by atoms with E-state index in [4.69, 9.17) is 4.42 Å². The van der Waals surface area contributed by atoms with E-state index in [9.17, 15) is 9.59 Å². The molecule has 3 amide bonds. The first-order chi connectivity index (χ1) is 12.7. The minimum absolute atomic E-state index is 0.0993. The molecule has 0 atom stereocenters. The largest absolute Gasteiger partial charge is 0.467 e. The minimum atomic E-state index is -0.419. The summed E-state index contributed by atoms with van der Waals surface area (Å²) in [7, 11) is 0. The van der Waals surface area contributed by atoms with Crippen LogP contribution >= 0.6 is 0 Å². The van der Waals surface area contributed by atoms with Crippen molar-refractivity contribution < 1.29 is 14.0 Å². The average molecular weight is 356 g/mol. The highest BCUT2D eigenvalue weighted by atomic mass is 16.3. The third kappa shape index (κ3) is 5.27. The molecule has 7 heteroatoms. The first kappa shape index (κ1) is 17.8. The number of anilines is 2. The van der Waals surface area contributed by atoms with Crippen molar-refractivity contribution in [2.45, 2.75) is 25.8 Å². The molecule has 2 aromatic rings. The van der Waals surface area contributed by atoms with Crippen LogP contribution in [-0.4, -0.2) is 31.6 Å². The van der Waals surface area contributed by atoms with E-state index in [0.29, 0.717) is 11.4 Å². The Morgan fingerprint density at radius 3 is 2.46 bits per heavy atom. The number of hydrogen-bond acceptors (Lipinski definition) is 4. The van der Waals surface area contributed by atoms with Gasteiger partial charge in [0, 0.05) is 24.5 Å². The maximum absolute atomic E-state index is 12.0. The van der Waals surface area contributed by atoms with E-state index in [0.717, 1.165) is 13.1 Å². The van der Waals surface area contributed by atoms with E-state index in [-0.39, 0.29) is 19.0 Å². The summed E-state index contributed by atoms with van der Waals surface area (Å²) in [5, 5.41) is 7.91. The molecule has 1 aromatic carbocycles. The highest BCUT2D eigenvalue weighted by molar-refractivity contribution is 5.94. The summed E-state index contributed by atoms with van der Waals surface area (Å²) in [4.78, 5) is 26.0. The van der Waals surface area contributed by atoms with Gasteiger partial charge in [-0.05, 0) is 55.7 Å². The zero-order valence-electron chi connectivity index (χ0n) is 14.7. The molecule has 0 unspecified atom stereocenters. The second-order valence-corrected chi connectivity index (χ2v) is 6.26. The second-order valence-electron chi connectivity index (χ2n) is 6.26. The molecule has 0 spiro atoms. The molecule has 1 fully saturated rings. The Labute approximate surface area is 152 Å². The fraction of sp³-hybridized carbons (Fsp3) is 0.368. The van der Waals surface area contributed by atoms with Crippen LogP contribution < -0.4 is 20.9 Å². The summed E-state index contributed by atoms with van der Waals surface area (Å²) >= 11 is 0. The number of carbonyl (C=O) groups is 2. The number of urea groups is 1. The molecule has 2 heterocycles. The fourth-order valence-electron chi connectivity index (χ4n) is 2.92. The standard InChI is InChI=1S/C19H24N4O3/c24-18(14-21-19(25)20-13-17-5-4-12-26-17)22-15-6-8-16(9-7-15)23-10-2-1-3-11-23/h4-9,12H,1-3,10-11,13-14H2,(H,22,24)(H2,20,21,25). The maximum Gasteiger partial charge on any atom is 0.315 e. The molecule has 0 radical (unpaired) electrons. The molecule has 3 rings (SSSR count). The van der Waals surface area contributed by atoms with E-state index in [1.165, 1.54) is 24.9 Å². The number of amides is 3. The van der Waals surface area contributed by atoms with Crippen LogP contribution in [0.4, 0.5) is 16.2 Å². The second kappa shape index (κ2) is 8.94. The Morgan fingerprint density at radius 1 is 1.00 bits per heavy atom. The molecule has 3 N–H and O–H groups in total. The minimum Gasteiger partial charge on any atom is -0.467 e. The van der Waals surface area contributed by atoms with Crippen LogP contribution in [-0.2, 0) is 11.3 Å². The molecular weight excluding hydrogens is 332 g/mol. The number of benzene rings is 1. The summed E-state index contributed by atoms with van der Waals surface area (Å²) in [5.74, 6) is 0.377. The Bertz CT molecular complexity index is 707. The predicted molar refractivity (Wildman–Crippen MR) is 100 cm³/mol. The molecule has 1 aromatic heterocycles. The molecule has 1 aliphatic heterocycles. The van der Waals surface area contributed by atoms with Gasteiger partial charge in [-0.2, -0.15) is 0 Å². The monoisotopic (exact) mass is 356 g/mol. The van der Waals surface area contributed by atoms with Gasteiger partial charge in [0.05, 0.1) is 19.4 Å². The van der Waals surface area contributed by atoms with E-state index in [1.807, 2.05) is 24.3 Å². The number of piperidine rings is 1. The zero-order chi connectivity index (χ0) is 18.2. The van der Waals surface area contributed by atoms with Gasteiger partial charge in [-0.1, -0.05) is 0 Å². The van der Waals surface area contributed by atoms with Crippen LogP contribution in [0.3, 0.4) is 0 Å². The van der Waals surface area contributed by atoms with Crippen molar-refractivity contribution in [2.24, 2.45) is 0 Å². The lowest BCUT2D eigenvalue weighted by molar-refractivity contribution is -0.115. The SMILES string of the molecule is O=C(CNC(=O)NCc1ccco1)Nc1ccc(N2CCCCC2)cc1.